The Labute approximate surface area is 114 Å². The second-order valence-electron chi connectivity index (χ2n) is 4.93. The van der Waals surface area contributed by atoms with Crippen molar-refractivity contribution in [3.63, 3.8) is 0 Å². The minimum atomic E-state index is -1.04. The van der Waals surface area contributed by atoms with E-state index in [1.165, 1.54) is 19.3 Å². The molecule has 3 N–H and O–H groups in total. The monoisotopic (exact) mass is 274 g/mol. The van der Waals surface area contributed by atoms with Gasteiger partial charge in [0.25, 0.3) is 0 Å². The molecule has 0 aromatic rings. The van der Waals surface area contributed by atoms with Crippen molar-refractivity contribution in [1.29, 1.82) is 0 Å². The molecule has 1 aliphatic heterocycles. The smallest absolute Gasteiger partial charge is 0.114 e. The summed E-state index contributed by atoms with van der Waals surface area (Å²) in [5.74, 6) is 0. The molecule has 0 radical (unpaired) electrons. The molecule has 1 rings (SSSR count). The van der Waals surface area contributed by atoms with Crippen molar-refractivity contribution in [2.24, 2.45) is 0 Å². The number of rotatable bonds is 9. The van der Waals surface area contributed by atoms with Crippen LogP contribution in [0.1, 0.15) is 32.6 Å². The van der Waals surface area contributed by atoms with Gasteiger partial charge in [0.15, 0.2) is 0 Å². The lowest BCUT2D eigenvalue weighted by Crippen LogP contribution is -2.40. The van der Waals surface area contributed by atoms with Crippen LogP contribution in [0.3, 0.4) is 0 Å². The van der Waals surface area contributed by atoms with Gasteiger partial charge in [-0.25, -0.2) is 0 Å². The van der Waals surface area contributed by atoms with Crippen molar-refractivity contribution in [2.75, 3.05) is 19.8 Å². The number of ether oxygens (including phenoxy) is 2. The summed E-state index contributed by atoms with van der Waals surface area (Å²) in [4.78, 5) is 0. The van der Waals surface area contributed by atoms with E-state index in [9.17, 15) is 15.3 Å². The lowest BCUT2D eigenvalue weighted by Gasteiger charge is -2.20. The maximum absolute atomic E-state index is 9.76. The van der Waals surface area contributed by atoms with E-state index in [4.69, 9.17) is 9.47 Å². The molecule has 0 spiro atoms. The average molecular weight is 274 g/mol. The van der Waals surface area contributed by atoms with Gasteiger partial charge in [-0.15, -0.1) is 0 Å². The predicted molar refractivity (Wildman–Crippen MR) is 71.9 cm³/mol. The number of hydrogen-bond donors (Lipinski definition) is 3. The van der Waals surface area contributed by atoms with E-state index in [1.54, 1.807) is 0 Å². The number of aliphatic hydroxyl groups is 3. The molecule has 0 unspecified atom stereocenters. The Kier molecular flexibility index (Phi) is 8.25. The Morgan fingerprint density at radius 1 is 1.32 bits per heavy atom. The van der Waals surface area contributed by atoms with E-state index in [-0.39, 0.29) is 13.2 Å². The van der Waals surface area contributed by atoms with Gasteiger partial charge >= 0.3 is 0 Å². The van der Waals surface area contributed by atoms with Gasteiger partial charge in [0, 0.05) is 0 Å². The van der Waals surface area contributed by atoms with E-state index >= 15 is 0 Å². The molecule has 1 heterocycles. The summed E-state index contributed by atoms with van der Waals surface area (Å²) < 4.78 is 10.4. The molecule has 5 heteroatoms. The zero-order valence-electron chi connectivity index (χ0n) is 11.6. The molecule has 5 nitrogen and oxygen atoms in total. The molecule has 0 amide bonds. The molecule has 19 heavy (non-hydrogen) atoms. The fourth-order valence-corrected chi connectivity index (χ4v) is 2.01. The van der Waals surface area contributed by atoms with E-state index in [0.29, 0.717) is 6.61 Å². The Morgan fingerprint density at radius 3 is 2.74 bits per heavy atom. The summed E-state index contributed by atoms with van der Waals surface area (Å²) in [5.41, 5.74) is 0. The third kappa shape index (κ3) is 6.01. The number of unbranched alkanes of at least 4 members (excludes halogenated alkanes) is 3. The Hall–Kier alpha value is -0.460. The Bertz CT molecular complexity index is 256. The molecule has 4 atom stereocenters. The number of hydrogen-bond acceptors (Lipinski definition) is 5. The predicted octanol–water partition coefficient (Wildman–Crippen LogP) is 0.621. The van der Waals surface area contributed by atoms with Crippen molar-refractivity contribution in [3.8, 4) is 0 Å². The van der Waals surface area contributed by atoms with Gasteiger partial charge in [0.1, 0.15) is 24.4 Å². The Morgan fingerprint density at radius 2 is 2.11 bits per heavy atom. The molecule has 1 saturated heterocycles. The molecule has 112 valence electrons. The van der Waals surface area contributed by atoms with Crippen LogP contribution in [0.5, 0.6) is 0 Å². The summed E-state index contributed by atoms with van der Waals surface area (Å²) in [5, 5.41) is 28.6. The van der Waals surface area contributed by atoms with Crippen molar-refractivity contribution < 1.29 is 24.8 Å². The molecule has 0 saturated carbocycles. The molecular formula is C14H26O5. The van der Waals surface area contributed by atoms with Crippen molar-refractivity contribution in [1.82, 2.24) is 0 Å². The van der Waals surface area contributed by atoms with Gasteiger partial charge in [-0.3, -0.25) is 0 Å². The summed E-state index contributed by atoms with van der Waals surface area (Å²) in [6.45, 7) is 2.76. The molecule has 0 aromatic heterocycles. The summed E-state index contributed by atoms with van der Waals surface area (Å²) >= 11 is 0. The molecule has 0 aromatic carbocycles. The third-order valence-corrected chi connectivity index (χ3v) is 3.21. The first-order chi connectivity index (χ1) is 9.16. The van der Waals surface area contributed by atoms with Gasteiger partial charge in [-0.2, -0.15) is 0 Å². The van der Waals surface area contributed by atoms with Crippen LogP contribution in [0.15, 0.2) is 12.2 Å². The lowest BCUT2D eigenvalue weighted by atomic mass is 10.1. The van der Waals surface area contributed by atoms with Crippen LogP contribution in [-0.2, 0) is 9.47 Å². The second-order valence-corrected chi connectivity index (χ2v) is 4.93. The molecule has 1 fully saturated rings. The minimum absolute atomic E-state index is 0.0558. The van der Waals surface area contributed by atoms with Crippen LogP contribution < -0.4 is 0 Å². The molecule has 1 aliphatic rings. The summed E-state index contributed by atoms with van der Waals surface area (Å²) in [6, 6.07) is 0. The highest BCUT2D eigenvalue weighted by Gasteiger charge is 2.39. The van der Waals surface area contributed by atoms with Gasteiger partial charge < -0.3 is 24.8 Å². The van der Waals surface area contributed by atoms with Crippen molar-refractivity contribution in [3.05, 3.63) is 12.2 Å². The first-order valence-electron chi connectivity index (χ1n) is 7.05. The van der Waals surface area contributed by atoms with Gasteiger partial charge in [0.05, 0.1) is 19.8 Å². The van der Waals surface area contributed by atoms with Crippen molar-refractivity contribution >= 4 is 0 Å². The summed E-state index contributed by atoms with van der Waals surface area (Å²) in [7, 11) is 0. The topological polar surface area (TPSA) is 79.2 Å². The van der Waals surface area contributed by atoms with Crippen LogP contribution >= 0.6 is 0 Å². The van der Waals surface area contributed by atoms with Crippen LogP contribution in [0.4, 0.5) is 0 Å². The standard InChI is InChI=1S/C14H26O5/c1-2-3-4-5-6-7-8-18-9-12(16)14-13(17)11(15)10-19-14/h6-7,11-17H,2-5,8-10H2,1H3/b7-6+/t11-,12+,13+,14+/m1/s1. The van der Waals surface area contributed by atoms with Crippen LogP contribution in [0.2, 0.25) is 0 Å². The SMILES string of the molecule is CCCCC/C=C/COC[C@H](O)[C@@H]1OC[C@@H](O)[C@@H]1O. The van der Waals surface area contributed by atoms with Gasteiger partial charge in [-0.05, 0) is 12.8 Å². The van der Waals surface area contributed by atoms with Crippen LogP contribution in [-0.4, -0.2) is 59.6 Å². The maximum atomic E-state index is 9.76. The summed E-state index contributed by atoms with van der Waals surface area (Å²) in [6.07, 6.45) is 5.07. The zero-order chi connectivity index (χ0) is 14.1. The highest BCUT2D eigenvalue weighted by Crippen LogP contribution is 2.17. The van der Waals surface area contributed by atoms with Gasteiger partial charge in [0.2, 0.25) is 0 Å². The van der Waals surface area contributed by atoms with Crippen LogP contribution in [0.25, 0.3) is 0 Å². The highest BCUT2D eigenvalue weighted by molar-refractivity contribution is 4.88. The molecule has 0 bridgehead atoms. The molecular weight excluding hydrogens is 248 g/mol. The largest absolute Gasteiger partial charge is 0.388 e. The van der Waals surface area contributed by atoms with E-state index in [2.05, 4.69) is 13.0 Å². The van der Waals surface area contributed by atoms with E-state index < -0.39 is 24.4 Å². The minimum Gasteiger partial charge on any atom is -0.388 e. The lowest BCUT2D eigenvalue weighted by molar-refractivity contribution is -0.0782. The Balaban J connectivity index is 2.06. The fraction of sp³-hybridized carbons (Fsp3) is 0.857. The van der Waals surface area contributed by atoms with E-state index in [1.807, 2.05) is 6.08 Å². The quantitative estimate of drug-likeness (QED) is 0.424. The first-order valence-corrected chi connectivity index (χ1v) is 7.05. The third-order valence-electron chi connectivity index (χ3n) is 3.21. The van der Waals surface area contributed by atoms with Crippen molar-refractivity contribution in [2.45, 2.75) is 57.0 Å². The fourth-order valence-electron chi connectivity index (χ4n) is 2.01. The second kappa shape index (κ2) is 9.44. The van der Waals surface area contributed by atoms with E-state index in [0.717, 1.165) is 6.42 Å². The first kappa shape index (κ1) is 16.6. The van der Waals surface area contributed by atoms with Gasteiger partial charge in [-0.1, -0.05) is 31.9 Å². The highest BCUT2D eigenvalue weighted by atomic mass is 16.5. The molecule has 0 aliphatic carbocycles. The maximum Gasteiger partial charge on any atom is 0.114 e. The number of aliphatic hydroxyl groups excluding tert-OH is 3. The number of allylic oxidation sites excluding steroid dienone is 1. The van der Waals surface area contributed by atoms with Crippen LogP contribution in [0, 0.1) is 0 Å². The zero-order valence-corrected chi connectivity index (χ0v) is 11.6. The normalized spacial score (nSPS) is 29.2. The average Bonchev–Trinajstić information content (AvgIpc) is 2.73.